The maximum absolute atomic E-state index is 14.7. The van der Waals surface area contributed by atoms with E-state index in [4.69, 9.17) is 4.74 Å². The van der Waals surface area contributed by atoms with E-state index in [0.29, 0.717) is 35.3 Å². The van der Waals surface area contributed by atoms with Gasteiger partial charge in [0.05, 0.1) is 23.8 Å². The minimum absolute atomic E-state index is 0.0518. The SMILES string of the molecule is Oc1cc(-n2ccnn2)ccc1-c1ccc(O[C@@H]2C[C@H]3CCC[C@H](N3)[C@@H]2F)nn1. The quantitative estimate of drug-likeness (QED) is 0.699. The van der Waals surface area contributed by atoms with Gasteiger partial charge in [0.2, 0.25) is 5.88 Å². The van der Waals surface area contributed by atoms with Crippen LogP contribution in [-0.4, -0.2) is 54.7 Å². The number of nitrogens with zero attached hydrogens (tertiary/aromatic N) is 5. The number of phenolic OH excluding ortho intramolecular Hbond substituents is 1. The van der Waals surface area contributed by atoms with E-state index in [1.807, 2.05) is 0 Å². The van der Waals surface area contributed by atoms with Crippen molar-refractivity contribution in [2.75, 3.05) is 0 Å². The summed E-state index contributed by atoms with van der Waals surface area (Å²) in [4.78, 5) is 0. The van der Waals surface area contributed by atoms with E-state index in [-0.39, 0.29) is 11.8 Å². The molecule has 2 N–H and O–H groups in total. The lowest BCUT2D eigenvalue weighted by molar-refractivity contribution is 0.00652. The summed E-state index contributed by atoms with van der Waals surface area (Å²) in [5.74, 6) is 0.344. The molecule has 2 aromatic heterocycles. The van der Waals surface area contributed by atoms with Crippen LogP contribution in [-0.2, 0) is 0 Å². The van der Waals surface area contributed by atoms with Gasteiger partial charge in [0, 0.05) is 36.2 Å². The van der Waals surface area contributed by atoms with Crippen LogP contribution in [0, 0.1) is 0 Å². The van der Waals surface area contributed by atoms with Gasteiger partial charge in [-0.3, -0.25) is 0 Å². The second kappa shape index (κ2) is 7.40. The maximum atomic E-state index is 14.7. The van der Waals surface area contributed by atoms with E-state index in [1.54, 1.807) is 47.4 Å². The topological polar surface area (TPSA) is 98.0 Å². The van der Waals surface area contributed by atoms with Crippen LogP contribution >= 0.6 is 0 Å². The Balaban J connectivity index is 1.31. The summed E-state index contributed by atoms with van der Waals surface area (Å²) in [5, 5.41) is 29.6. The number of benzene rings is 1. The number of alkyl halides is 1. The highest BCUT2D eigenvalue weighted by atomic mass is 19.1. The Morgan fingerprint density at radius 3 is 2.86 bits per heavy atom. The number of aromatic hydroxyl groups is 1. The Kier molecular flexibility index (Phi) is 4.59. The average Bonchev–Trinajstić information content (AvgIpc) is 3.28. The van der Waals surface area contributed by atoms with E-state index in [9.17, 15) is 9.50 Å². The van der Waals surface area contributed by atoms with E-state index in [2.05, 4.69) is 25.8 Å². The summed E-state index contributed by atoms with van der Waals surface area (Å²) >= 11 is 0. The molecular formula is C20H21FN6O2. The molecule has 0 radical (unpaired) electrons. The Labute approximate surface area is 166 Å². The van der Waals surface area contributed by atoms with Crippen molar-refractivity contribution in [2.45, 2.75) is 50.0 Å². The third kappa shape index (κ3) is 3.53. The second-order valence-corrected chi connectivity index (χ2v) is 7.54. The first kappa shape index (κ1) is 18.0. The highest BCUT2D eigenvalue weighted by Crippen LogP contribution is 2.32. The van der Waals surface area contributed by atoms with Gasteiger partial charge in [-0.05, 0) is 31.0 Å². The molecule has 29 heavy (non-hydrogen) atoms. The first-order valence-corrected chi connectivity index (χ1v) is 9.78. The van der Waals surface area contributed by atoms with Gasteiger partial charge in [-0.15, -0.1) is 15.3 Å². The first-order valence-electron chi connectivity index (χ1n) is 9.78. The van der Waals surface area contributed by atoms with Crippen LogP contribution in [0.25, 0.3) is 16.9 Å². The van der Waals surface area contributed by atoms with Crippen LogP contribution < -0.4 is 10.1 Å². The minimum atomic E-state index is -1.05. The Morgan fingerprint density at radius 2 is 2.10 bits per heavy atom. The molecule has 0 spiro atoms. The van der Waals surface area contributed by atoms with Gasteiger partial charge < -0.3 is 15.2 Å². The van der Waals surface area contributed by atoms with Gasteiger partial charge >= 0.3 is 0 Å². The molecule has 0 unspecified atom stereocenters. The van der Waals surface area contributed by atoms with Gasteiger partial charge in [0.1, 0.15) is 11.9 Å². The molecule has 150 valence electrons. The molecule has 8 nitrogen and oxygen atoms in total. The van der Waals surface area contributed by atoms with Crippen molar-refractivity contribution in [2.24, 2.45) is 0 Å². The third-order valence-corrected chi connectivity index (χ3v) is 5.63. The van der Waals surface area contributed by atoms with Crippen molar-refractivity contribution < 1.29 is 14.2 Å². The molecule has 0 saturated carbocycles. The number of phenols is 1. The summed E-state index contributed by atoms with van der Waals surface area (Å²) in [6.07, 6.45) is 5.27. The normalized spacial score (nSPS) is 26.2. The summed E-state index contributed by atoms with van der Waals surface area (Å²) in [6.45, 7) is 0. The summed E-state index contributed by atoms with van der Waals surface area (Å²) in [7, 11) is 0. The van der Waals surface area contributed by atoms with E-state index < -0.39 is 12.3 Å². The second-order valence-electron chi connectivity index (χ2n) is 7.54. The molecule has 4 heterocycles. The van der Waals surface area contributed by atoms with Gasteiger partial charge in [-0.2, -0.15) is 0 Å². The van der Waals surface area contributed by atoms with Crippen LogP contribution in [0.15, 0.2) is 42.7 Å². The number of aromatic nitrogens is 5. The highest BCUT2D eigenvalue weighted by Gasteiger charge is 2.41. The monoisotopic (exact) mass is 396 g/mol. The number of hydrogen-bond acceptors (Lipinski definition) is 7. The summed E-state index contributed by atoms with van der Waals surface area (Å²) < 4.78 is 22.0. The highest BCUT2D eigenvalue weighted by molar-refractivity contribution is 5.68. The van der Waals surface area contributed by atoms with Crippen molar-refractivity contribution in [3.63, 3.8) is 0 Å². The molecule has 2 aliphatic heterocycles. The maximum Gasteiger partial charge on any atom is 0.233 e. The van der Waals surface area contributed by atoms with Gasteiger partial charge in [-0.1, -0.05) is 11.6 Å². The predicted molar refractivity (Wildman–Crippen MR) is 103 cm³/mol. The molecule has 0 amide bonds. The van der Waals surface area contributed by atoms with Gasteiger partial charge in [0.25, 0.3) is 0 Å². The summed E-state index contributed by atoms with van der Waals surface area (Å²) in [6, 6.07) is 8.66. The van der Waals surface area contributed by atoms with Crippen LogP contribution in [0.2, 0.25) is 0 Å². The fourth-order valence-electron chi connectivity index (χ4n) is 4.18. The number of halogens is 1. The van der Waals surface area contributed by atoms with Crippen LogP contribution in [0.1, 0.15) is 25.7 Å². The van der Waals surface area contributed by atoms with Crippen molar-refractivity contribution >= 4 is 0 Å². The summed E-state index contributed by atoms with van der Waals surface area (Å²) in [5.41, 5.74) is 1.72. The Morgan fingerprint density at radius 1 is 1.17 bits per heavy atom. The average molecular weight is 396 g/mol. The van der Waals surface area contributed by atoms with Crippen molar-refractivity contribution in [3.05, 3.63) is 42.7 Å². The Hall–Kier alpha value is -3.07. The van der Waals surface area contributed by atoms with E-state index in [0.717, 1.165) is 19.3 Å². The molecule has 0 aliphatic carbocycles. The van der Waals surface area contributed by atoms with E-state index >= 15 is 0 Å². The van der Waals surface area contributed by atoms with Crippen molar-refractivity contribution in [1.82, 2.24) is 30.5 Å². The van der Waals surface area contributed by atoms with E-state index in [1.165, 1.54) is 0 Å². The number of hydrogen-bond donors (Lipinski definition) is 2. The lowest BCUT2D eigenvalue weighted by Crippen LogP contribution is -2.59. The third-order valence-electron chi connectivity index (χ3n) is 5.63. The van der Waals surface area contributed by atoms with Crippen molar-refractivity contribution in [1.29, 1.82) is 0 Å². The molecule has 2 bridgehead atoms. The fourth-order valence-corrected chi connectivity index (χ4v) is 4.18. The Bertz CT molecular complexity index is 981. The zero-order chi connectivity index (χ0) is 19.8. The van der Waals surface area contributed by atoms with Crippen LogP contribution in [0.4, 0.5) is 4.39 Å². The first-order chi connectivity index (χ1) is 14.2. The minimum Gasteiger partial charge on any atom is -0.507 e. The number of piperidine rings is 2. The van der Waals surface area contributed by atoms with Crippen LogP contribution in [0.3, 0.4) is 0 Å². The largest absolute Gasteiger partial charge is 0.507 e. The molecule has 2 saturated heterocycles. The fraction of sp³-hybridized carbons (Fsp3) is 0.400. The van der Waals surface area contributed by atoms with Gasteiger partial charge in [0.15, 0.2) is 6.17 Å². The molecule has 5 rings (SSSR count). The molecule has 2 aliphatic rings. The molecule has 4 atom stereocenters. The number of fused-ring (bicyclic) bond motifs is 2. The molecule has 9 heteroatoms. The number of nitrogens with one attached hydrogen (secondary N) is 1. The predicted octanol–water partition coefficient (Wildman–Crippen LogP) is 2.43. The van der Waals surface area contributed by atoms with Crippen LogP contribution in [0.5, 0.6) is 11.6 Å². The molecule has 3 aromatic rings. The molecule has 1 aromatic carbocycles. The smallest absolute Gasteiger partial charge is 0.233 e. The number of rotatable bonds is 4. The molecular weight excluding hydrogens is 375 g/mol. The zero-order valence-electron chi connectivity index (χ0n) is 15.6. The lowest BCUT2D eigenvalue weighted by Gasteiger charge is -2.42. The van der Waals surface area contributed by atoms with Gasteiger partial charge in [-0.25, -0.2) is 9.07 Å². The van der Waals surface area contributed by atoms with Crippen molar-refractivity contribution in [3.8, 4) is 28.6 Å². The lowest BCUT2D eigenvalue weighted by atomic mass is 9.84. The standard InChI is InChI=1S/C20H21FN6O2/c21-20-16-3-1-2-12(23-16)10-18(20)29-19-7-6-15(24-25-19)14-5-4-13(11-17(14)28)27-9-8-22-26-27/h4-9,11-12,16,18,20,23,28H,1-3,10H2/t12-,16+,18-,20+/m1/s1. The molecule has 2 fully saturated rings. The zero-order valence-corrected chi connectivity index (χ0v) is 15.6. The number of ether oxygens (including phenoxy) is 1.